The number of benzene rings is 1. The first-order valence-corrected chi connectivity index (χ1v) is 7.26. The first kappa shape index (κ1) is 17.0. The SMILES string of the molecule is CC(N)(C(=O)N1CCCCCCC1)c1ccccc1.Cl. The number of carbonyl (C=O) groups is 1. The normalized spacial score (nSPS) is 19.2. The molecule has 2 rings (SSSR count). The molecule has 0 radical (unpaired) electrons. The van der Waals surface area contributed by atoms with Crippen molar-refractivity contribution >= 4 is 18.3 Å². The lowest BCUT2D eigenvalue weighted by Gasteiger charge is -2.33. The van der Waals surface area contributed by atoms with Crippen LogP contribution in [0.3, 0.4) is 0 Å². The van der Waals surface area contributed by atoms with Crippen LogP contribution in [0.15, 0.2) is 30.3 Å². The van der Waals surface area contributed by atoms with Crippen LogP contribution in [0.2, 0.25) is 0 Å². The molecule has 1 fully saturated rings. The van der Waals surface area contributed by atoms with Crippen LogP contribution < -0.4 is 5.73 Å². The Kier molecular flexibility index (Phi) is 6.50. The van der Waals surface area contributed by atoms with Gasteiger partial charge in [0.2, 0.25) is 5.91 Å². The Bertz CT molecular complexity index is 412. The second-order valence-corrected chi connectivity index (χ2v) is 5.63. The number of likely N-dealkylation sites (tertiary alicyclic amines) is 1. The zero-order chi connectivity index (χ0) is 13.7. The topological polar surface area (TPSA) is 46.3 Å². The molecule has 1 amide bonds. The Hall–Kier alpha value is -1.06. The molecule has 2 N–H and O–H groups in total. The van der Waals surface area contributed by atoms with Gasteiger partial charge in [0.25, 0.3) is 0 Å². The molecule has 1 unspecified atom stereocenters. The van der Waals surface area contributed by atoms with Gasteiger partial charge in [-0.2, -0.15) is 0 Å². The largest absolute Gasteiger partial charge is 0.341 e. The van der Waals surface area contributed by atoms with Gasteiger partial charge in [-0.15, -0.1) is 12.4 Å². The third-order valence-electron chi connectivity index (χ3n) is 3.96. The molecule has 0 aromatic heterocycles. The van der Waals surface area contributed by atoms with Crippen LogP contribution in [0.5, 0.6) is 0 Å². The lowest BCUT2D eigenvalue weighted by atomic mass is 9.91. The van der Waals surface area contributed by atoms with E-state index in [0.717, 1.165) is 31.5 Å². The summed E-state index contributed by atoms with van der Waals surface area (Å²) in [5.74, 6) is 0.0561. The molecule has 1 aromatic carbocycles. The highest BCUT2D eigenvalue weighted by molar-refractivity contribution is 5.87. The minimum Gasteiger partial charge on any atom is -0.341 e. The quantitative estimate of drug-likeness (QED) is 0.911. The van der Waals surface area contributed by atoms with Crippen molar-refractivity contribution in [1.82, 2.24) is 4.90 Å². The van der Waals surface area contributed by atoms with Gasteiger partial charge < -0.3 is 10.6 Å². The van der Waals surface area contributed by atoms with Gasteiger partial charge in [0.05, 0.1) is 0 Å². The minimum absolute atomic E-state index is 0. The minimum atomic E-state index is -0.916. The first-order valence-electron chi connectivity index (χ1n) is 7.26. The van der Waals surface area contributed by atoms with E-state index in [-0.39, 0.29) is 18.3 Å². The van der Waals surface area contributed by atoms with Crippen molar-refractivity contribution in [1.29, 1.82) is 0 Å². The van der Waals surface area contributed by atoms with E-state index in [4.69, 9.17) is 5.73 Å². The van der Waals surface area contributed by atoms with Crippen LogP contribution in [0.1, 0.15) is 44.6 Å². The van der Waals surface area contributed by atoms with Gasteiger partial charge in [0.15, 0.2) is 0 Å². The van der Waals surface area contributed by atoms with Crippen molar-refractivity contribution in [3.8, 4) is 0 Å². The summed E-state index contributed by atoms with van der Waals surface area (Å²) in [5, 5.41) is 0. The Morgan fingerprint density at radius 1 is 1.05 bits per heavy atom. The molecule has 1 aliphatic rings. The second-order valence-electron chi connectivity index (χ2n) is 5.63. The first-order chi connectivity index (χ1) is 9.12. The average molecular weight is 297 g/mol. The van der Waals surface area contributed by atoms with E-state index in [1.165, 1.54) is 19.3 Å². The maximum absolute atomic E-state index is 12.7. The van der Waals surface area contributed by atoms with Crippen LogP contribution in [0.25, 0.3) is 0 Å². The molecule has 1 heterocycles. The van der Waals surface area contributed by atoms with Gasteiger partial charge in [-0.05, 0) is 25.3 Å². The van der Waals surface area contributed by atoms with Gasteiger partial charge in [0.1, 0.15) is 5.54 Å². The van der Waals surface area contributed by atoms with Crippen molar-refractivity contribution in [2.24, 2.45) is 5.73 Å². The number of carbonyl (C=O) groups excluding carboxylic acids is 1. The van der Waals surface area contributed by atoms with Crippen molar-refractivity contribution in [2.45, 2.75) is 44.6 Å². The molecule has 1 atom stereocenters. The smallest absolute Gasteiger partial charge is 0.246 e. The predicted molar refractivity (Wildman–Crippen MR) is 84.9 cm³/mol. The fourth-order valence-corrected chi connectivity index (χ4v) is 2.69. The highest BCUT2D eigenvalue weighted by Gasteiger charge is 2.34. The monoisotopic (exact) mass is 296 g/mol. The van der Waals surface area contributed by atoms with E-state index in [9.17, 15) is 4.79 Å². The molecule has 20 heavy (non-hydrogen) atoms. The van der Waals surface area contributed by atoms with Crippen molar-refractivity contribution < 1.29 is 4.79 Å². The maximum Gasteiger partial charge on any atom is 0.246 e. The third-order valence-corrected chi connectivity index (χ3v) is 3.96. The number of halogens is 1. The summed E-state index contributed by atoms with van der Waals surface area (Å²) in [4.78, 5) is 14.6. The standard InChI is InChI=1S/C16H24N2O.ClH/c1-16(17,14-10-6-5-7-11-14)15(19)18-12-8-3-2-4-9-13-18;/h5-7,10-11H,2-4,8-9,12-13,17H2,1H3;1H. The van der Waals surface area contributed by atoms with Crippen molar-refractivity contribution in [3.05, 3.63) is 35.9 Å². The Balaban J connectivity index is 0.00000200. The van der Waals surface area contributed by atoms with E-state index in [1.807, 2.05) is 42.2 Å². The van der Waals surface area contributed by atoms with Gasteiger partial charge in [-0.3, -0.25) is 4.79 Å². The summed E-state index contributed by atoms with van der Waals surface area (Å²) in [6.07, 6.45) is 5.92. The lowest BCUT2D eigenvalue weighted by Crippen LogP contribution is -2.51. The number of rotatable bonds is 2. The van der Waals surface area contributed by atoms with Crippen LogP contribution in [-0.2, 0) is 10.3 Å². The Morgan fingerprint density at radius 2 is 1.55 bits per heavy atom. The summed E-state index contributed by atoms with van der Waals surface area (Å²) in [7, 11) is 0. The van der Waals surface area contributed by atoms with E-state index < -0.39 is 5.54 Å². The molecule has 0 spiro atoms. The fraction of sp³-hybridized carbons (Fsp3) is 0.562. The number of hydrogen-bond acceptors (Lipinski definition) is 2. The summed E-state index contributed by atoms with van der Waals surface area (Å²) in [6, 6.07) is 9.67. The van der Waals surface area contributed by atoms with Gasteiger partial charge in [-0.25, -0.2) is 0 Å². The second kappa shape index (κ2) is 7.65. The fourth-order valence-electron chi connectivity index (χ4n) is 2.69. The summed E-state index contributed by atoms with van der Waals surface area (Å²) < 4.78 is 0. The number of nitrogens with two attached hydrogens (primary N) is 1. The molecule has 3 nitrogen and oxygen atoms in total. The predicted octanol–water partition coefficient (Wildman–Crippen LogP) is 3.08. The Labute approximate surface area is 127 Å². The van der Waals surface area contributed by atoms with Crippen molar-refractivity contribution in [3.63, 3.8) is 0 Å². The van der Waals surface area contributed by atoms with Crippen LogP contribution >= 0.6 is 12.4 Å². The molecule has 4 heteroatoms. The van der Waals surface area contributed by atoms with E-state index in [0.29, 0.717) is 0 Å². The van der Waals surface area contributed by atoms with Gasteiger partial charge in [0, 0.05) is 13.1 Å². The molecule has 112 valence electrons. The highest BCUT2D eigenvalue weighted by atomic mass is 35.5. The summed E-state index contributed by atoms with van der Waals surface area (Å²) >= 11 is 0. The summed E-state index contributed by atoms with van der Waals surface area (Å²) in [5.41, 5.74) is 6.29. The molecule has 0 saturated carbocycles. The molecular formula is C16H25ClN2O. The third kappa shape index (κ3) is 3.97. The number of nitrogens with zero attached hydrogens (tertiary/aromatic N) is 1. The lowest BCUT2D eigenvalue weighted by molar-refractivity contribution is -0.137. The maximum atomic E-state index is 12.7. The Morgan fingerprint density at radius 3 is 2.10 bits per heavy atom. The zero-order valence-corrected chi connectivity index (χ0v) is 13.0. The number of amides is 1. The van der Waals surface area contributed by atoms with Crippen LogP contribution in [-0.4, -0.2) is 23.9 Å². The molecule has 0 bridgehead atoms. The molecular weight excluding hydrogens is 272 g/mol. The highest BCUT2D eigenvalue weighted by Crippen LogP contribution is 2.22. The van der Waals surface area contributed by atoms with Crippen molar-refractivity contribution in [2.75, 3.05) is 13.1 Å². The van der Waals surface area contributed by atoms with Crippen LogP contribution in [0.4, 0.5) is 0 Å². The van der Waals surface area contributed by atoms with Gasteiger partial charge >= 0.3 is 0 Å². The van der Waals surface area contributed by atoms with Gasteiger partial charge in [-0.1, -0.05) is 49.6 Å². The zero-order valence-electron chi connectivity index (χ0n) is 12.2. The van der Waals surface area contributed by atoms with E-state index >= 15 is 0 Å². The average Bonchev–Trinajstić information content (AvgIpc) is 2.39. The molecule has 0 aliphatic carbocycles. The molecule has 1 aliphatic heterocycles. The van der Waals surface area contributed by atoms with E-state index in [1.54, 1.807) is 0 Å². The molecule has 1 saturated heterocycles. The summed E-state index contributed by atoms with van der Waals surface area (Å²) in [6.45, 7) is 3.51. The number of hydrogen-bond donors (Lipinski definition) is 1. The van der Waals surface area contributed by atoms with Crippen LogP contribution in [0, 0.1) is 0 Å². The molecule has 1 aromatic rings. The van der Waals surface area contributed by atoms with E-state index in [2.05, 4.69) is 0 Å².